The van der Waals surface area contributed by atoms with Crippen LogP contribution in [0.25, 0.3) is 0 Å². The van der Waals surface area contributed by atoms with E-state index in [-0.39, 0.29) is 18.3 Å². The van der Waals surface area contributed by atoms with Gasteiger partial charge in [-0.15, -0.1) is 0 Å². The van der Waals surface area contributed by atoms with Crippen LogP contribution in [0.2, 0.25) is 0 Å². The van der Waals surface area contributed by atoms with Crippen LogP contribution >= 0.6 is 0 Å². The predicted octanol–water partition coefficient (Wildman–Crippen LogP) is 2.41. The van der Waals surface area contributed by atoms with Gasteiger partial charge in [-0.05, 0) is 44.0 Å². The van der Waals surface area contributed by atoms with Crippen LogP contribution in [0.4, 0.5) is 0 Å². The molecule has 1 atom stereocenters. The van der Waals surface area contributed by atoms with Crippen molar-refractivity contribution in [2.75, 3.05) is 0 Å². The molecule has 0 saturated heterocycles. The third-order valence-corrected chi connectivity index (χ3v) is 2.18. The Morgan fingerprint density at radius 2 is 2.00 bits per heavy atom. The van der Waals surface area contributed by atoms with Gasteiger partial charge >= 0.3 is 5.97 Å². The van der Waals surface area contributed by atoms with Gasteiger partial charge in [0.1, 0.15) is 11.5 Å². The molecule has 0 amide bonds. The number of carbonyl (C=O) groups is 1. The zero-order valence-corrected chi connectivity index (χ0v) is 9.22. The monoisotopic (exact) mass is 224 g/mol. The molecule has 0 aromatic heterocycles. The van der Waals surface area contributed by atoms with Crippen molar-refractivity contribution in [3.8, 4) is 11.5 Å². The predicted molar refractivity (Wildman–Crippen MR) is 59.7 cm³/mol. The summed E-state index contributed by atoms with van der Waals surface area (Å²) in [7, 11) is 0. The first-order valence-electron chi connectivity index (χ1n) is 5.25. The normalized spacial score (nSPS) is 12.1. The maximum atomic E-state index is 10.3. The van der Waals surface area contributed by atoms with Gasteiger partial charge in [0.2, 0.25) is 0 Å². The summed E-state index contributed by atoms with van der Waals surface area (Å²) in [6, 6.07) is 6.48. The number of aliphatic carboxylic acids is 1. The average molecular weight is 224 g/mol. The number of rotatable bonds is 6. The van der Waals surface area contributed by atoms with Crippen LogP contribution in [0.1, 0.15) is 26.2 Å². The number of carboxylic acids is 1. The summed E-state index contributed by atoms with van der Waals surface area (Å²) < 4.78 is 5.55. The number of phenolic OH excluding ortho intramolecular Hbond substituents is 1. The lowest BCUT2D eigenvalue weighted by atomic mass is 10.2. The summed E-state index contributed by atoms with van der Waals surface area (Å²) in [5, 5.41) is 17.6. The first kappa shape index (κ1) is 12.4. The third kappa shape index (κ3) is 4.68. The molecule has 4 heteroatoms. The molecular formula is C12H16O4. The largest absolute Gasteiger partial charge is 0.508 e. The second-order valence-corrected chi connectivity index (χ2v) is 3.71. The Kier molecular flexibility index (Phi) is 4.64. The van der Waals surface area contributed by atoms with E-state index in [9.17, 15) is 4.79 Å². The minimum atomic E-state index is -0.781. The van der Waals surface area contributed by atoms with Gasteiger partial charge in [0, 0.05) is 6.42 Å². The second-order valence-electron chi connectivity index (χ2n) is 3.71. The Morgan fingerprint density at radius 3 is 2.56 bits per heavy atom. The summed E-state index contributed by atoms with van der Waals surface area (Å²) >= 11 is 0. The Morgan fingerprint density at radius 1 is 1.38 bits per heavy atom. The fourth-order valence-electron chi connectivity index (χ4n) is 1.36. The quantitative estimate of drug-likeness (QED) is 0.778. The van der Waals surface area contributed by atoms with Gasteiger partial charge in [-0.3, -0.25) is 4.79 Å². The molecule has 1 aromatic rings. The van der Waals surface area contributed by atoms with Crippen molar-refractivity contribution < 1.29 is 19.7 Å². The highest BCUT2D eigenvalue weighted by atomic mass is 16.5. The SMILES string of the molecule is CC(CCCC(=O)O)Oc1ccc(O)cc1. The zero-order valence-electron chi connectivity index (χ0n) is 9.22. The van der Waals surface area contributed by atoms with Crippen LogP contribution < -0.4 is 4.74 Å². The van der Waals surface area contributed by atoms with Crippen LogP contribution in [-0.2, 0) is 4.79 Å². The Balaban J connectivity index is 2.31. The number of carboxylic acid groups (broad SMARTS) is 1. The van der Waals surface area contributed by atoms with Gasteiger partial charge in [0.25, 0.3) is 0 Å². The number of hydrogen-bond donors (Lipinski definition) is 2. The number of ether oxygens (including phenoxy) is 1. The Labute approximate surface area is 94.5 Å². The lowest BCUT2D eigenvalue weighted by molar-refractivity contribution is -0.137. The zero-order chi connectivity index (χ0) is 12.0. The minimum absolute atomic E-state index is 0.0242. The third-order valence-electron chi connectivity index (χ3n) is 2.18. The molecule has 0 saturated carbocycles. The smallest absolute Gasteiger partial charge is 0.303 e. The highest BCUT2D eigenvalue weighted by Gasteiger charge is 2.05. The van der Waals surface area contributed by atoms with E-state index in [1.165, 1.54) is 0 Å². The molecular weight excluding hydrogens is 208 g/mol. The molecule has 0 fully saturated rings. The molecule has 16 heavy (non-hydrogen) atoms. The highest BCUT2D eigenvalue weighted by Crippen LogP contribution is 2.18. The maximum Gasteiger partial charge on any atom is 0.303 e. The fraction of sp³-hybridized carbons (Fsp3) is 0.417. The lowest BCUT2D eigenvalue weighted by Crippen LogP contribution is -2.12. The van der Waals surface area contributed by atoms with Crippen LogP contribution in [0.5, 0.6) is 11.5 Å². The lowest BCUT2D eigenvalue weighted by Gasteiger charge is -2.13. The molecule has 4 nitrogen and oxygen atoms in total. The van der Waals surface area contributed by atoms with E-state index in [1.54, 1.807) is 24.3 Å². The van der Waals surface area contributed by atoms with Gasteiger partial charge in [0.15, 0.2) is 0 Å². The molecule has 2 N–H and O–H groups in total. The first-order chi connectivity index (χ1) is 7.58. The summed E-state index contributed by atoms with van der Waals surface area (Å²) in [6.07, 6.45) is 1.45. The minimum Gasteiger partial charge on any atom is -0.508 e. The molecule has 0 aliphatic carbocycles. The van der Waals surface area contributed by atoms with Crippen LogP contribution in [0, 0.1) is 0 Å². The standard InChI is InChI=1S/C12H16O4/c1-9(3-2-4-12(14)15)16-11-7-5-10(13)6-8-11/h5-9,13H,2-4H2,1H3,(H,14,15). The van der Waals surface area contributed by atoms with E-state index >= 15 is 0 Å². The Hall–Kier alpha value is -1.71. The summed E-state index contributed by atoms with van der Waals surface area (Å²) in [5.41, 5.74) is 0. The van der Waals surface area contributed by atoms with Gasteiger partial charge in [0.05, 0.1) is 6.10 Å². The number of benzene rings is 1. The number of aromatic hydroxyl groups is 1. The van der Waals surface area contributed by atoms with Gasteiger partial charge in [-0.25, -0.2) is 0 Å². The van der Waals surface area contributed by atoms with E-state index in [0.29, 0.717) is 18.6 Å². The summed E-state index contributed by atoms with van der Waals surface area (Å²) in [6.45, 7) is 1.90. The average Bonchev–Trinajstić information content (AvgIpc) is 2.21. The molecule has 0 bridgehead atoms. The van der Waals surface area contributed by atoms with Crippen molar-refractivity contribution in [3.63, 3.8) is 0 Å². The maximum absolute atomic E-state index is 10.3. The fourth-order valence-corrected chi connectivity index (χ4v) is 1.36. The van der Waals surface area contributed by atoms with E-state index < -0.39 is 5.97 Å². The van der Waals surface area contributed by atoms with Crippen molar-refractivity contribution in [2.24, 2.45) is 0 Å². The van der Waals surface area contributed by atoms with Crippen LogP contribution in [0.3, 0.4) is 0 Å². The van der Waals surface area contributed by atoms with Crippen molar-refractivity contribution in [3.05, 3.63) is 24.3 Å². The van der Waals surface area contributed by atoms with E-state index in [1.807, 2.05) is 6.92 Å². The number of hydrogen-bond acceptors (Lipinski definition) is 3. The van der Waals surface area contributed by atoms with Crippen molar-refractivity contribution >= 4 is 5.97 Å². The van der Waals surface area contributed by atoms with Crippen LogP contribution in [0.15, 0.2) is 24.3 Å². The highest BCUT2D eigenvalue weighted by molar-refractivity contribution is 5.66. The number of phenols is 1. The molecule has 0 aliphatic heterocycles. The van der Waals surface area contributed by atoms with E-state index in [0.717, 1.165) is 0 Å². The molecule has 88 valence electrons. The van der Waals surface area contributed by atoms with Crippen molar-refractivity contribution in [1.82, 2.24) is 0 Å². The van der Waals surface area contributed by atoms with E-state index in [2.05, 4.69) is 0 Å². The van der Waals surface area contributed by atoms with Gasteiger partial charge < -0.3 is 14.9 Å². The molecule has 1 rings (SSSR count). The van der Waals surface area contributed by atoms with Gasteiger partial charge in [-0.1, -0.05) is 0 Å². The first-order valence-corrected chi connectivity index (χ1v) is 5.25. The topological polar surface area (TPSA) is 66.8 Å². The second kappa shape index (κ2) is 6.00. The van der Waals surface area contributed by atoms with E-state index in [4.69, 9.17) is 14.9 Å². The molecule has 0 aliphatic rings. The van der Waals surface area contributed by atoms with Crippen molar-refractivity contribution in [2.45, 2.75) is 32.3 Å². The van der Waals surface area contributed by atoms with Crippen molar-refractivity contribution in [1.29, 1.82) is 0 Å². The van der Waals surface area contributed by atoms with Crippen LogP contribution in [-0.4, -0.2) is 22.3 Å². The molecule has 0 heterocycles. The molecule has 1 unspecified atom stereocenters. The molecule has 1 aromatic carbocycles. The Bertz CT molecular complexity index is 331. The summed E-state index contributed by atoms with van der Waals surface area (Å²) in [4.78, 5) is 10.3. The molecule has 0 spiro atoms. The summed E-state index contributed by atoms with van der Waals surface area (Å²) in [5.74, 6) is 0.100. The molecule has 0 radical (unpaired) electrons. The van der Waals surface area contributed by atoms with Gasteiger partial charge in [-0.2, -0.15) is 0 Å².